The van der Waals surface area contributed by atoms with E-state index in [1.807, 2.05) is 43.6 Å². The van der Waals surface area contributed by atoms with Crippen LogP contribution in [-0.4, -0.2) is 22.8 Å². The van der Waals surface area contributed by atoms with Crippen molar-refractivity contribution in [1.29, 1.82) is 0 Å². The Bertz CT molecular complexity index is 670. The molecule has 1 aromatic carbocycles. The Morgan fingerprint density at radius 3 is 2.90 bits per heavy atom. The minimum Gasteiger partial charge on any atom is -0.340 e. The second-order valence-corrected chi connectivity index (χ2v) is 6.99. The molecule has 2 unspecified atom stereocenters. The van der Waals surface area contributed by atoms with Crippen molar-refractivity contribution in [2.75, 3.05) is 7.05 Å². The lowest BCUT2D eigenvalue weighted by atomic mass is 10.1. The Morgan fingerprint density at radius 2 is 2.24 bits per heavy atom. The zero-order chi connectivity index (χ0) is 15.0. The van der Waals surface area contributed by atoms with Crippen molar-refractivity contribution in [1.82, 2.24) is 9.88 Å². The van der Waals surface area contributed by atoms with Gasteiger partial charge in [0.1, 0.15) is 0 Å². The maximum absolute atomic E-state index is 12.5. The summed E-state index contributed by atoms with van der Waals surface area (Å²) in [7, 11) is 1.85. The summed E-state index contributed by atoms with van der Waals surface area (Å²) in [4.78, 5) is 18.7. The van der Waals surface area contributed by atoms with Gasteiger partial charge < -0.3 is 4.90 Å². The van der Waals surface area contributed by atoms with E-state index in [4.69, 9.17) is 11.6 Å². The van der Waals surface area contributed by atoms with Crippen LogP contribution >= 0.6 is 22.9 Å². The number of aromatic nitrogens is 1. The largest absolute Gasteiger partial charge is 0.340 e. The molecule has 1 aromatic heterocycles. The number of nitrogens with zero attached hydrogens (tertiary/aromatic N) is 2. The Labute approximate surface area is 133 Å². The predicted octanol–water partition coefficient (Wildman–Crippen LogP) is 3.87. The number of aryl methyl sites for hydroxylation is 1. The first-order valence-corrected chi connectivity index (χ1v) is 8.22. The van der Waals surface area contributed by atoms with E-state index in [9.17, 15) is 4.79 Å². The molecule has 2 aromatic rings. The van der Waals surface area contributed by atoms with Crippen molar-refractivity contribution in [3.8, 4) is 0 Å². The van der Waals surface area contributed by atoms with Crippen LogP contribution in [0.1, 0.15) is 28.6 Å². The van der Waals surface area contributed by atoms with Crippen LogP contribution in [-0.2, 0) is 11.3 Å². The highest BCUT2D eigenvalue weighted by Gasteiger charge is 2.45. The van der Waals surface area contributed by atoms with E-state index >= 15 is 0 Å². The summed E-state index contributed by atoms with van der Waals surface area (Å²) in [6, 6.07) is 7.80. The third kappa shape index (κ3) is 3.11. The lowest BCUT2D eigenvalue weighted by Crippen LogP contribution is -2.28. The average Bonchev–Trinajstić information content (AvgIpc) is 3.15. The van der Waals surface area contributed by atoms with Gasteiger partial charge in [-0.15, -0.1) is 11.3 Å². The molecule has 0 bridgehead atoms. The molecule has 1 heterocycles. The van der Waals surface area contributed by atoms with Gasteiger partial charge in [0.05, 0.1) is 17.2 Å². The highest BCUT2D eigenvalue weighted by atomic mass is 35.5. The summed E-state index contributed by atoms with van der Waals surface area (Å²) in [5, 5.41) is 3.80. The van der Waals surface area contributed by atoms with E-state index in [0.717, 1.165) is 27.7 Å². The van der Waals surface area contributed by atoms with Crippen LogP contribution in [0.25, 0.3) is 0 Å². The van der Waals surface area contributed by atoms with E-state index < -0.39 is 0 Å². The molecule has 0 saturated heterocycles. The lowest BCUT2D eigenvalue weighted by molar-refractivity contribution is -0.131. The second kappa shape index (κ2) is 5.78. The van der Waals surface area contributed by atoms with Crippen molar-refractivity contribution < 1.29 is 4.79 Å². The number of carbonyl (C=O) groups is 1. The van der Waals surface area contributed by atoms with Gasteiger partial charge in [0.25, 0.3) is 0 Å². The van der Waals surface area contributed by atoms with Crippen molar-refractivity contribution in [3.63, 3.8) is 0 Å². The van der Waals surface area contributed by atoms with Crippen LogP contribution in [0.3, 0.4) is 0 Å². The van der Waals surface area contributed by atoms with Crippen LogP contribution in [0.2, 0.25) is 5.02 Å². The standard InChI is InChI=1S/C16H17ClN2OS/c1-10-18-11(9-21-10)8-19(2)16(20)14-7-13(14)12-5-3-4-6-15(12)17/h3-6,9,13-14H,7-8H2,1-2H3. The molecule has 3 nitrogen and oxygen atoms in total. The molecule has 0 spiro atoms. The maximum atomic E-state index is 12.5. The monoisotopic (exact) mass is 320 g/mol. The Balaban J connectivity index is 1.63. The predicted molar refractivity (Wildman–Crippen MR) is 85.6 cm³/mol. The number of hydrogen-bond donors (Lipinski definition) is 0. The Kier molecular flexibility index (Phi) is 4.00. The number of amides is 1. The van der Waals surface area contributed by atoms with Gasteiger partial charge in [-0.1, -0.05) is 29.8 Å². The van der Waals surface area contributed by atoms with E-state index in [-0.39, 0.29) is 17.7 Å². The molecule has 110 valence electrons. The first kappa shape index (κ1) is 14.5. The molecular weight excluding hydrogens is 304 g/mol. The van der Waals surface area contributed by atoms with E-state index in [2.05, 4.69) is 4.98 Å². The molecule has 0 radical (unpaired) electrons. The molecule has 1 aliphatic rings. The topological polar surface area (TPSA) is 33.2 Å². The van der Waals surface area contributed by atoms with Gasteiger partial charge in [0, 0.05) is 23.4 Å². The third-order valence-electron chi connectivity index (χ3n) is 3.85. The quantitative estimate of drug-likeness (QED) is 0.857. The van der Waals surface area contributed by atoms with Crippen molar-refractivity contribution in [2.45, 2.75) is 25.8 Å². The first-order valence-electron chi connectivity index (χ1n) is 6.96. The molecular formula is C16H17ClN2OS. The Hall–Kier alpha value is -1.39. The van der Waals surface area contributed by atoms with E-state index in [1.165, 1.54) is 0 Å². The number of halogens is 1. The van der Waals surface area contributed by atoms with Gasteiger partial charge in [-0.3, -0.25) is 4.79 Å². The number of hydrogen-bond acceptors (Lipinski definition) is 3. The van der Waals surface area contributed by atoms with Crippen molar-refractivity contribution in [2.24, 2.45) is 5.92 Å². The Morgan fingerprint density at radius 1 is 1.48 bits per heavy atom. The molecule has 1 aliphatic carbocycles. The molecule has 2 atom stereocenters. The zero-order valence-electron chi connectivity index (χ0n) is 12.0. The highest BCUT2D eigenvalue weighted by molar-refractivity contribution is 7.09. The molecule has 21 heavy (non-hydrogen) atoms. The number of thiazole rings is 1. The molecule has 3 rings (SSSR count). The van der Waals surface area contributed by atoms with Crippen LogP contribution in [0, 0.1) is 12.8 Å². The van der Waals surface area contributed by atoms with Gasteiger partial charge in [0.2, 0.25) is 5.91 Å². The summed E-state index contributed by atoms with van der Waals surface area (Å²) < 4.78 is 0. The van der Waals surface area contributed by atoms with Crippen molar-refractivity contribution >= 4 is 28.8 Å². The normalized spacial score (nSPS) is 20.3. The maximum Gasteiger partial charge on any atom is 0.226 e. The molecule has 5 heteroatoms. The average molecular weight is 321 g/mol. The van der Waals surface area contributed by atoms with Crippen LogP contribution in [0.5, 0.6) is 0 Å². The van der Waals surface area contributed by atoms with Gasteiger partial charge >= 0.3 is 0 Å². The molecule has 1 amide bonds. The summed E-state index contributed by atoms with van der Waals surface area (Å²) in [6.07, 6.45) is 0.892. The fourth-order valence-electron chi connectivity index (χ4n) is 2.67. The first-order chi connectivity index (χ1) is 10.1. The number of benzene rings is 1. The van der Waals surface area contributed by atoms with Gasteiger partial charge in [0.15, 0.2) is 0 Å². The van der Waals surface area contributed by atoms with Gasteiger partial charge in [-0.25, -0.2) is 4.98 Å². The van der Waals surface area contributed by atoms with Gasteiger partial charge in [-0.05, 0) is 30.9 Å². The molecule has 1 fully saturated rings. The fourth-order valence-corrected chi connectivity index (χ4v) is 3.55. The van der Waals surface area contributed by atoms with E-state index in [0.29, 0.717) is 6.54 Å². The van der Waals surface area contributed by atoms with Crippen LogP contribution in [0.4, 0.5) is 0 Å². The van der Waals surface area contributed by atoms with E-state index in [1.54, 1.807) is 16.2 Å². The van der Waals surface area contributed by atoms with Crippen molar-refractivity contribution in [3.05, 3.63) is 50.9 Å². The summed E-state index contributed by atoms with van der Waals surface area (Å²) in [6.45, 7) is 2.55. The lowest BCUT2D eigenvalue weighted by Gasteiger charge is -2.16. The molecule has 0 aliphatic heterocycles. The molecule has 1 saturated carbocycles. The summed E-state index contributed by atoms with van der Waals surface area (Å²) in [5.41, 5.74) is 2.05. The SMILES string of the molecule is Cc1nc(CN(C)C(=O)C2CC2c2ccccc2Cl)cs1. The fraction of sp³-hybridized carbons (Fsp3) is 0.375. The minimum absolute atomic E-state index is 0.0645. The van der Waals surface area contributed by atoms with Crippen LogP contribution in [0.15, 0.2) is 29.6 Å². The zero-order valence-corrected chi connectivity index (χ0v) is 13.6. The number of carbonyl (C=O) groups excluding carboxylic acids is 1. The summed E-state index contributed by atoms with van der Waals surface area (Å²) >= 11 is 7.82. The van der Waals surface area contributed by atoms with Crippen LogP contribution < -0.4 is 0 Å². The number of rotatable bonds is 4. The van der Waals surface area contributed by atoms with Gasteiger partial charge in [-0.2, -0.15) is 0 Å². The second-order valence-electron chi connectivity index (χ2n) is 5.52. The minimum atomic E-state index is 0.0645. The summed E-state index contributed by atoms with van der Waals surface area (Å²) in [5.74, 6) is 0.519. The third-order valence-corrected chi connectivity index (χ3v) is 5.02. The highest BCUT2D eigenvalue weighted by Crippen LogP contribution is 2.50. The molecule has 0 N–H and O–H groups in total. The smallest absolute Gasteiger partial charge is 0.226 e.